The molecule has 1 aliphatic heterocycles. The molecule has 7 heteroatoms. The summed E-state index contributed by atoms with van der Waals surface area (Å²) >= 11 is 0. The fourth-order valence-corrected chi connectivity index (χ4v) is 3.02. The minimum absolute atomic E-state index is 0.285. The van der Waals surface area contributed by atoms with Gasteiger partial charge in [0.2, 0.25) is 6.10 Å². The molecule has 1 aromatic heterocycles. The highest BCUT2D eigenvalue weighted by Crippen LogP contribution is 2.43. The summed E-state index contributed by atoms with van der Waals surface area (Å²) < 4.78 is 26.3. The summed E-state index contributed by atoms with van der Waals surface area (Å²) in [6.07, 6.45) is -0.984. The number of hydrogen-bond donors (Lipinski definition) is 0. The smallest absolute Gasteiger partial charge is 0.348 e. The number of ether oxygens (including phenoxy) is 4. The average Bonchev–Trinajstić information content (AvgIpc) is 2.99. The first-order chi connectivity index (χ1) is 12.0. The van der Waals surface area contributed by atoms with Crippen molar-refractivity contribution in [3.63, 3.8) is 0 Å². The van der Waals surface area contributed by atoms with Gasteiger partial charge in [-0.05, 0) is 24.6 Å². The number of benzene rings is 1. The first-order valence-corrected chi connectivity index (χ1v) is 7.61. The highest BCUT2D eigenvalue weighted by Gasteiger charge is 2.44. The standard InChI is InChI=1S/C18H18O7/c1-9-7-13-15(17(19)24-9)14(16(25-13)18(20)23-4)10-5-6-11(21-2)12(8-10)22-3/h5-8,14,16H,1-4H3/t14-,16-/m0/s1. The van der Waals surface area contributed by atoms with Gasteiger partial charge in [-0.15, -0.1) is 0 Å². The van der Waals surface area contributed by atoms with Crippen LogP contribution in [-0.2, 0) is 9.53 Å². The normalized spacial score (nSPS) is 18.2. The molecule has 0 fully saturated rings. The molecule has 2 atom stereocenters. The molecule has 132 valence electrons. The van der Waals surface area contributed by atoms with Gasteiger partial charge >= 0.3 is 11.6 Å². The maximum atomic E-state index is 12.4. The van der Waals surface area contributed by atoms with Gasteiger partial charge < -0.3 is 23.4 Å². The third-order valence-electron chi connectivity index (χ3n) is 4.14. The largest absolute Gasteiger partial charge is 0.493 e. The zero-order chi connectivity index (χ0) is 18.1. The topological polar surface area (TPSA) is 84.2 Å². The number of fused-ring (bicyclic) bond motifs is 1. The Morgan fingerprint density at radius 3 is 2.44 bits per heavy atom. The second kappa shape index (κ2) is 6.51. The average molecular weight is 346 g/mol. The lowest BCUT2D eigenvalue weighted by atomic mass is 9.88. The van der Waals surface area contributed by atoms with Gasteiger partial charge in [-0.3, -0.25) is 0 Å². The summed E-state index contributed by atoms with van der Waals surface area (Å²) in [5.41, 5.74) is 0.400. The van der Waals surface area contributed by atoms with Gasteiger partial charge in [-0.1, -0.05) is 6.07 Å². The second-order valence-corrected chi connectivity index (χ2v) is 5.58. The van der Waals surface area contributed by atoms with Crippen molar-refractivity contribution in [2.45, 2.75) is 18.9 Å². The number of esters is 1. The molecule has 2 heterocycles. The van der Waals surface area contributed by atoms with Crippen molar-refractivity contribution in [2.24, 2.45) is 0 Å². The quantitative estimate of drug-likeness (QED) is 0.783. The lowest BCUT2D eigenvalue weighted by Gasteiger charge is -2.18. The predicted octanol–water partition coefficient (Wildman–Crippen LogP) is 2.03. The van der Waals surface area contributed by atoms with Crippen LogP contribution in [0.25, 0.3) is 0 Å². The molecule has 1 aromatic carbocycles. The summed E-state index contributed by atoms with van der Waals surface area (Å²) in [4.78, 5) is 24.6. The molecule has 0 radical (unpaired) electrons. The molecule has 2 aromatic rings. The van der Waals surface area contributed by atoms with Crippen LogP contribution in [0, 0.1) is 6.92 Å². The van der Waals surface area contributed by atoms with E-state index in [4.69, 9.17) is 23.4 Å². The lowest BCUT2D eigenvalue weighted by molar-refractivity contribution is -0.148. The molecular weight excluding hydrogens is 328 g/mol. The van der Waals surface area contributed by atoms with E-state index >= 15 is 0 Å². The molecule has 0 amide bonds. The molecule has 25 heavy (non-hydrogen) atoms. The van der Waals surface area contributed by atoms with E-state index in [1.165, 1.54) is 21.3 Å². The van der Waals surface area contributed by atoms with Gasteiger partial charge in [0.05, 0.1) is 32.8 Å². The van der Waals surface area contributed by atoms with E-state index in [0.717, 1.165) is 0 Å². The monoisotopic (exact) mass is 346 g/mol. The Kier molecular flexibility index (Phi) is 4.39. The van der Waals surface area contributed by atoms with E-state index < -0.39 is 23.6 Å². The molecule has 0 aliphatic carbocycles. The van der Waals surface area contributed by atoms with Gasteiger partial charge in [-0.2, -0.15) is 0 Å². The predicted molar refractivity (Wildman–Crippen MR) is 87.5 cm³/mol. The molecule has 0 spiro atoms. The first-order valence-electron chi connectivity index (χ1n) is 7.61. The number of aryl methyl sites for hydroxylation is 1. The molecule has 0 saturated carbocycles. The number of carbonyl (C=O) groups is 1. The van der Waals surface area contributed by atoms with Gasteiger partial charge in [0.15, 0.2) is 11.5 Å². The fraction of sp³-hybridized carbons (Fsp3) is 0.333. The zero-order valence-corrected chi connectivity index (χ0v) is 14.3. The van der Waals surface area contributed by atoms with Crippen molar-refractivity contribution in [1.82, 2.24) is 0 Å². The van der Waals surface area contributed by atoms with Gasteiger partial charge in [-0.25, -0.2) is 9.59 Å². The zero-order valence-electron chi connectivity index (χ0n) is 14.3. The van der Waals surface area contributed by atoms with Crippen LogP contribution in [0.1, 0.15) is 22.8 Å². The summed E-state index contributed by atoms with van der Waals surface area (Å²) in [5.74, 6) is 0.501. The third-order valence-corrected chi connectivity index (χ3v) is 4.14. The molecule has 0 N–H and O–H groups in total. The molecule has 0 bridgehead atoms. The lowest BCUT2D eigenvalue weighted by Crippen LogP contribution is -2.31. The van der Waals surface area contributed by atoms with Crippen molar-refractivity contribution in [3.8, 4) is 17.2 Å². The van der Waals surface area contributed by atoms with E-state index in [2.05, 4.69) is 0 Å². The molecule has 1 aliphatic rings. The summed E-state index contributed by atoms with van der Waals surface area (Å²) in [6.45, 7) is 1.64. The van der Waals surface area contributed by atoms with Crippen LogP contribution in [-0.4, -0.2) is 33.4 Å². The SMILES string of the molecule is COC(=O)[C@H]1Oc2cc(C)oc(=O)c2[C@@H]1c1ccc(OC)c(OC)c1. The number of methoxy groups -OCH3 is 3. The molecular formula is C18H18O7. The van der Waals surface area contributed by atoms with Crippen LogP contribution in [0.5, 0.6) is 17.2 Å². The van der Waals surface area contributed by atoms with E-state index in [0.29, 0.717) is 28.6 Å². The van der Waals surface area contributed by atoms with Crippen molar-refractivity contribution < 1.29 is 28.2 Å². The van der Waals surface area contributed by atoms with Gasteiger partial charge in [0, 0.05) is 6.07 Å². The van der Waals surface area contributed by atoms with Crippen LogP contribution in [0.3, 0.4) is 0 Å². The maximum Gasteiger partial charge on any atom is 0.348 e. The van der Waals surface area contributed by atoms with Crippen molar-refractivity contribution >= 4 is 5.97 Å². The minimum atomic E-state index is -0.984. The van der Waals surface area contributed by atoms with E-state index in [1.54, 1.807) is 31.2 Å². The van der Waals surface area contributed by atoms with Crippen LogP contribution in [0.4, 0.5) is 0 Å². The minimum Gasteiger partial charge on any atom is -0.493 e. The highest BCUT2D eigenvalue weighted by molar-refractivity contribution is 5.79. The number of carbonyl (C=O) groups excluding carboxylic acids is 1. The summed E-state index contributed by atoms with van der Waals surface area (Å²) in [5, 5.41) is 0. The number of rotatable bonds is 4. The van der Waals surface area contributed by atoms with Crippen molar-refractivity contribution in [1.29, 1.82) is 0 Å². The Labute approximate surface area is 144 Å². The third kappa shape index (κ3) is 2.82. The Morgan fingerprint density at radius 2 is 1.80 bits per heavy atom. The molecule has 0 unspecified atom stereocenters. The van der Waals surface area contributed by atoms with Crippen LogP contribution in [0.15, 0.2) is 33.5 Å². The second-order valence-electron chi connectivity index (χ2n) is 5.58. The molecule has 7 nitrogen and oxygen atoms in total. The van der Waals surface area contributed by atoms with Crippen LogP contribution >= 0.6 is 0 Å². The summed E-state index contributed by atoms with van der Waals surface area (Å²) in [7, 11) is 4.31. The first kappa shape index (κ1) is 16.9. The highest BCUT2D eigenvalue weighted by atomic mass is 16.6. The van der Waals surface area contributed by atoms with Crippen molar-refractivity contribution in [3.05, 3.63) is 51.6 Å². The Hall–Kier alpha value is -2.96. The van der Waals surface area contributed by atoms with Crippen molar-refractivity contribution in [2.75, 3.05) is 21.3 Å². The fourth-order valence-electron chi connectivity index (χ4n) is 3.02. The Balaban J connectivity index is 2.18. The maximum absolute atomic E-state index is 12.4. The Bertz CT molecular complexity index is 868. The van der Waals surface area contributed by atoms with E-state index in [-0.39, 0.29) is 5.56 Å². The van der Waals surface area contributed by atoms with Gasteiger partial charge in [0.1, 0.15) is 11.5 Å². The molecule has 0 saturated heterocycles. The number of hydrogen-bond acceptors (Lipinski definition) is 7. The Morgan fingerprint density at radius 1 is 1.08 bits per heavy atom. The summed E-state index contributed by atoms with van der Waals surface area (Å²) in [6, 6.07) is 6.75. The van der Waals surface area contributed by atoms with E-state index in [1.807, 2.05) is 0 Å². The van der Waals surface area contributed by atoms with Crippen LogP contribution < -0.4 is 19.8 Å². The van der Waals surface area contributed by atoms with Crippen LogP contribution in [0.2, 0.25) is 0 Å². The van der Waals surface area contributed by atoms with Gasteiger partial charge in [0.25, 0.3) is 0 Å². The molecule has 3 rings (SSSR count). The van der Waals surface area contributed by atoms with E-state index in [9.17, 15) is 9.59 Å².